The number of dihydropyridines is 1. The highest BCUT2D eigenvalue weighted by molar-refractivity contribution is 5.96. The van der Waals surface area contributed by atoms with Crippen molar-refractivity contribution in [1.82, 2.24) is 20.5 Å². The Morgan fingerprint density at radius 1 is 1.10 bits per heavy atom. The Hall–Kier alpha value is -4.58. The normalized spacial score (nSPS) is 16.0. The van der Waals surface area contributed by atoms with Crippen LogP contribution in [-0.2, 0) is 4.79 Å². The van der Waals surface area contributed by atoms with Gasteiger partial charge in [-0.25, -0.2) is 9.18 Å². The van der Waals surface area contributed by atoms with E-state index in [1.54, 1.807) is 18.3 Å². The number of carbonyl (C=O) groups is 2. The second-order valence-corrected chi connectivity index (χ2v) is 9.62. The van der Waals surface area contributed by atoms with E-state index in [9.17, 15) is 14.0 Å². The highest BCUT2D eigenvalue weighted by Crippen LogP contribution is 2.31. The topological polar surface area (TPSA) is 95.6 Å². The van der Waals surface area contributed by atoms with Gasteiger partial charge in [-0.1, -0.05) is 26.0 Å². The van der Waals surface area contributed by atoms with E-state index in [4.69, 9.17) is 4.74 Å². The summed E-state index contributed by atoms with van der Waals surface area (Å²) in [7, 11) is 0. The fourth-order valence-corrected chi connectivity index (χ4v) is 4.53. The van der Waals surface area contributed by atoms with Gasteiger partial charge in [0.1, 0.15) is 5.75 Å². The molecule has 40 heavy (non-hydrogen) atoms. The molecule has 9 heteroatoms. The van der Waals surface area contributed by atoms with Gasteiger partial charge in [-0.3, -0.25) is 9.78 Å². The van der Waals surface area contributed by atoms with Crippen LogP contribution >= 0.6 is 0 Å². The Balaban J connectivity index is 0.00000119. The predicted molar refractivity (Wildman–Crippen MR) is 157 cm³/mol. The highest BCUT2D eigenvalue weighted by atomic mass is 19.1. The van der Waals surface area contributed by atoms with Gasteiger partial charge in [-0.2, -0.15) is 0 Å². The van der Waals surface area contributed by atoms with E-state index < -0.39 is 5.82 Å². The van der Waals surface area contributed by atoms with Crippen molar-refractivity contribution in [1.29, 1.82) is 0 Å². The number of amides is 3. The van der Waals surface area contributed by atoms with Crippen LogP contribution in [0.3, 0.4) is 0 Å². The van der Waals surface area contributed by atoms with Crippen LogP contribution in [0.5, 0.6) is 11.5 Å². The number of urea groups is 1. The molecule has 0 spiro atoms. The summed E-state index contributed by atoms with van der Waals surface area (Å²) in [6.07, 6.45) is 9.36. The van der Waals surface area contributed by atoms with E-state index in [0.717, 1.165) is 55.6 Å². The van der Waals surface area contributed by atoms with Gasteiger partial charge in [0.05, 0.1) is 22.2 Å². The Labute approximate surface area is 236 Å². The van der Waals surface area contributed by atoms with Crippen LogP contribution in [0.2, 0.25) is 0 Å². The first kappa shape index (κ1) is 27.0. The molecule has 3 amide bonds. The zero-order valence-electron chi connectivity index (χ0n) is 22.6. The van der Waals surface area contributed by atoms with Gasteiger partial charge in [0.2, 0.25) is 0 Å². The van der Waals surface area contributed by atoms with Crippen LogP contribution in [0.4, 0.5) is 14.9 Å². The van der Waals surface area contributed by atoms with Crippen LogP contribution in [0.15, 0.2) is 54.3 Å². The number of allylic oxidation sites excluding steroid dienone is 2. The molecule has 0 unspecified atom stereocenters. The fraction of sp³-hybridized carbons (Fsp3) is 0.323. The summed E-state index contributed by atoms with van der Waals surface area (Å²) in [5, 5.41) is 9.28. The molecule has 0 bridgehead atoms. The molecule has 1 aliphatic carbocycles. The van der Waals surface area contributed by atoms with Gasteiger partial charge in [0.25, 0.3) is 5.91 Å². The largest absolute Gasteiger partial charge is 0.453 e. The predicted octanol–water partition coefficient (Wildman–Crippen LogP) is 6.06. The molecular formula is C31H36FN5O3. The number of ether oxygens (including phenoxy) is 1. The minimum absolute atomic E-state index is 0. The molecule has 8 nitrogen and oxygen atoms in total. The molecular weight excluding hydrogens is 509 g/mol. The number of carbonyl (C=O) groups excluding carboxylic acids is 2. The first-order chi connectivity index (χ1) is 19.5. The van der Waals surface area contributed by atoms with Crippen molar-refractivity contribution < 1.29 is 21.6 Å². The molecule has 3 heterocycles. The number of benzene rings is 1. The summed E-state index contributed by atoms with van der Waals surface area (Å²) in [4.78, 5) is 30.9. The molecule has 3 N–H and O–H groups in total. The van der Waals surface area contributed by atoms with Crippen molar-refractivity contribution in [2.45, 2.75) is 45.6 Å². The zero-order valence-corrected chi connectivity index (χ0v) is 22.6. The summed E-state index contributed by atoms with van der Waals surface area (Å²) in [5.74, 6) is -0.129. The maximum absolute atomic E-state index is 14.8. The minimum atomic E-state index is -0.609. The molecule has 1 saturated heterocycles. The third kappa shape index (κ3) is 6.18. The van der Waals surface area contributed by atoms with Gasteiger partial charge >= 0.3 is 6.03 Å². The maximum Gasteiger partial charge on any atom is 0.319 e. The number of anilines is 1. The molecule has 2 aromatic carbocycles. The van der Waals surface area contributed by atoms with Crippen LogP contribution < -0.4 is 20.7 Å². The van der Waals surface area contributed by atoms with Gasteiger partial charge in [0.15, 0.2) is 11.6 Å². The number of rotatable bonds is 6. The lowest BCUT2D eigenvalue weighted by atomic mass is 10.1. The molecule has 2 fully saturated rings. The van der Waals surface area contributed by atoms with Crippen molar-refractivity contribution in [3.05, 3.63) is 77.8 Å². The van der Waals surface area contributed by atoms with Crippen LogP contribution in [-0.4, -0.2) is 47.5 Å². The zero-order chi connectivity index (χ0) is 28.1. The molecule has 0 atom stereocenters. The summed E-state index contributed by atoms with van der Waals surface area (Å²) >= 11 is 0. The number of nitrogens with zero attached hydrogens (tertiary/aromatic N) is 2. The molecule has 3 aromatic rings. The molecule has 2 aliphatic heterocycles. The standard InChI is InChI=1S/C29H26FN5O3.C2H6.2H2/c30-23-16-21(34-29(37)33-20-5-6-20)7-10-27(23)38-26-11-12-31-25-15-18(3-8-22(25)26)24-9-4-19(17-32-24)28(36)35-13-1-2-14-35;1-2;;/h4,7,9-12,15-16,20,32H,1-2,5-6,13-14,17H2,(H2,33,34,37);1-2H3;2*1H. The smallest absolute Gasteiger partial charge is 0.319 e. The number of likely N-dealkylation sites (tertiary alicyclic amines) is 1. The molecule has 3 aliphatic rings. The average molecular weight is 546 g/mol. The van der Waals surface area contributed by atoms with Crippen molar-refractivity contribution in [2.24, 2.45) is 0 Å². The SMILES string of the molecule is CC.O=C(Nc1ccc(Oc2ccnc3cc(C4=CC=C(C(=O)N5CCCC5)CN4)c#cc23)c(F)c1)NC1CC1.[HH].[HH]. The fourth-order valence-electron chi connectivity index (χ4n) is 4.53. The summed E-state index contributed by atoms with van der Waals surface area (Å²) in [5.41, 5.74) is 3.24. The Morgan fingerprint density at radius 2 is 1.90 bits per heavy atom. The van der Waals surface area contributed by atoms with E-state index >= 15 is 0 Å². The van der Waals surface area contributed by atoms with E-state index in [-0.39, 0.29) is 26.6 Å². The third-order valence-electron chi connectivity index (χ3n) is 6.75. The van der Waals surface area contributed by atoms with Crippen molar-refractivity contribution in [2.75, 3.05) is 25.0 Å². The molecule has 210 valence electrons. The molecule has 1 aromatic heterocycles. The molecule has 1 saturated carbocycles. The van der Waals surface area contributed by atoms with E-state index in [2.05, 4.69) is 33.1 Å². The van der Waals surface area contributed by atoms with E-state index in [0.29, 0.717) is 28.9 Å². The van der Waals surface area contributed by atoms with E-state index in [1.165, 1.54) is 12.1 Å². The number of fused-ring (bicyclic) bond motifs is 1. The van der Waals surface area contributed by atoms with Crippen LogP contribution in [0.25, 0.3) is 16.6 Å². The monoisotopic (exact) mass is 545 g/mol. The third-order valence-corrected chi connectivity index (χ3v) is 6.75. The number of halogens is 1. The number of hydrogen-bond donors (Lipinski definition) is 3. The van der Waals surface area contributed by atoms with Crippen LogP contribution in [0, 0.1) is 17.9 Å². The minimum Gasteiger partial charge on any atom is -0.453 e. The van der Waals surface area contributed by atoms with Gasteiger partial charge < -0.3 is 25.6 Å². The van der Waals surface area contributed by atoms with Gasteiger partial charge in [-0.15, -0.1) is 0 Å². The molecule has 0 radical (unpaired) electrons. The number of hydrogen-bond acceptors (Lipinski definition) is 5. The maximum atomic E-state index is 14.8. The van der Waals surface area contributed by atoms with Gasteiger partial charge in [0, 0.05) is 58.1 Å². The first-order valence-corrected chi connectivity index (χ1v) is 13.8. The quantitative estimate of drug-likeness (QED) is 0.350. The lowest BCUT2D eigenvalue weighted by molar-refractivity contribution is -0.126. The van der Waals surface area contributed by atoms with Crippen molar-refractivity contribution in [3.8, 4) is 11.5 Å². The molecule has 6 rings (SSSR count). The highest BCUT2D eigenvalue weighted by Gasteiger charge is 2.24. The van der Waals surface area contributed by atoms with Gasteiger partial charge in [-0.05, 0) is 56.0 Å². The Kier molecular flexibility index (Phi) is 8.15. The van der Waals surface area contributed by atoms with Crippen molar-refractivity contribution >= 4 is 34.2 Å². The van der Waals surface area contributed by atoms with E-state index in [1.807, 2.05) is 37.0 Å². The van der Waals surface area contributed by atoms with Crippen LogP contribution in [0.1, 0.15) is 47.9 Å². The second kappa shape index (κ2) is 12.1. The first-order valence-electron chi connectivity index (χ1n) is 13.8. The lowest BCUT2D eigenvalue weighted by Gasteiger charge is -2.21. The van der Waals surface area contributed by atoms with Crippen molar-refractivity contribution in [3.63, 3.8) is 0 Å². The Bertz CT molecular complexity index is 1490. The summed E-state index contributed by atoms with van der Waals surface area (Å²) < 4.78 is 20.6. The average Bonchev–Trinajstić information content (AvgIpc) is 3.62. The number of nitrogens with one attached hydrogen (secondary N) is 3. The Morgan fingerprint density at radius 3 is 2.60 bits per heavy atom. The summed E-state index contributed by atoms with van der Waals surface area (Å²) in [6.45, 7) is 6.08. The lowest BCUT2D eigenvalue weighted by Crippen LogP contribution is -2.33. The number of aromatic nitrogens is 1. The summed E-state index contributed by atoms with van der Waals surface area (Å²) in [6, 6.07) is 13.8. The second-order valence-electron chi connectivity index (χ2n) is 9.62. The number of pyridine rings is 1.